The third kappa shape index (κ3) is 48.6. The van der Waals surface area contributed by atoms with Crippen molar-refractivity contribution in [1.29, 1.82) is 0 Å². The predicted octanol–water partition coefficient (Wildman–Crippen LogP) is 18.3. The number of carbonyl (C=O) groups excluding carboxylic acids is 3. The molecule has 0 bridgehead atoms. The van der Waals surface area contributed by atoms with Crippen molar-refractivity contribution >= 4 is 17.9 Å². The second-order valence-corrected chi connectivity index (χ2v) is 20.7. The van der Waals surface area contributed by atoms with Crippen LogP contribution in [0.25, 0.3) is 0 Å². The van der Waals surface area contributed by atoms with Crippen LogP contribution in [-0.4, -0.2) is 63.3 Å². The van der Waals surface area contributed by atoms with Crippen LogP contribution in [0.15, 0.2) is 36.5 Å². The molecule has 0 N–H and O–H groups in total. The summed E-state index contributed by atoms with van der Waals surface area (Å²) in [6.45, 7) is 7.36. The summed E-state index contributed by atoms with van der Waals surface area (Å²) < 4.78 is 17.7. The van der Waals surface area contributed by atoms with Crippen molar-refractivity contribution in [1.82, 2.24) is 4.90 Å². The first-order chi connectivity index (χ1) is 33.3. The molecule has 0 aromatic heterocycles. The Balaban J connectivity index is 4.83. The van der Waals surface area contributed by atoms with Gasteiger partial charge in [-0.2, -0.15) is 0 Å². The lowest BCUT2D eigenvalue weighted by Crippen LogP contribution is -2.46. The maximum atomic E-state index is 13.1. The van der Waals surface area contributed by atoms with E-state index in [9.17, 15) is 14.4 Å². The number of nitrogens with zero attached hydrogens (tertiary/aromatic N) is 1. The molecule has 0 spiro atoms. The molecule has 0 radical (unpaired) electrons. The first kappa shape index (κ1) is 65.6. The normalized spacial score (nSPS) is 12.1. The van der Waals surface area contributed by atoms with E-state index in [1.54, 1.807) is 0 Å². The van der Waals surface area contributed by atoms with Crippen molar-refractivity contribution in [3.8, 4) is 0 Å². The standard InChI is InChI=1S/C61H113NO6/c1-6-9-12-15-18-21-24-27-30-33-36-39-42-45-48-51-58(63)66-55-61(54-62(4)5,56-67-59(64)52-49-46-43-40-37-34-31-28-25-22-19-16-13-10-7-2)57-68-60(65)53-50-47-44-41-38-35-32-29-26-23-20-17-14-11-8-3/h27-32H,6-26,33-57H2,1-5H3/b30-27-,31-28-,32-29-. The molecule has 0 saturated heterocycles. The van der Waals surface area contributed by atoms with Gasteiger partial charge in [-0.25, -0.2) is 0 Å². The van der Waals surface area contributed by atoms with Crippen molar-refractivity contribution in [2.24, 2.45) is 5.41 Å². The van der Waals surface area contributed by atoms with E-state index >= 15 is 0 Å². The van der Waals surface area contributed by atoms with Gasteiger partial charge in [-0.05, 0) is 110 Å². The van der Waals surface area contributed by atoms with E-state index in [0.717, 1.165) is 77.0 Å². The molecule has 0 amide bonds. The number of esters is 3. The third-order valence-corrected chi connectivity index (χ3v) is 13.2. The van der Waals surface area contributed by atoms with E-state index in [-0.39, 0.29) is 37.7 Å². The summed E-state index contributed by atoms with van der Waals surface area (Å²) in [5, 5.41) is 0. The molecule has 0 rings (SSSR count). The van der Waals surface area contributed by atoms with Crippen LogP contribution in [0.2, 0.25) is 0 Å². The lowest BCUT2D eigenvalue weighted by Gasteiger charge is -2.34. The van der Waals surface area contributed by atoms with Gasteiger partial charge in [-0.3, -0.25) is 14.4 Å². The predicted molar refractivity (Wildman–Crippen MR) is 292 cm³/mol. The largest absolute Gasteiger partial charge is 0.465 e. The second kappa shape index (κ2) is 52.4. The quantitative estimate of drug-likeness (QED) is 0.0260. The Morgan fingerprint density at radius 2 is 0.529 bits per heavy atom. The number of rotatable bonds is 53. The van der Waals surface area contributed by atoms with Crippen molar-refractivity contribution in [3.63, 3.8) is 0 Å². The Hall–Kier alpha value is -2.41. The molecular weight excluding hydrogens is 843 g/mol. The highest BCUT2D eigenvalue weighted by atomic mass is 16.6. The Kier molecular flexibility index (Phi) is 50.6. The van der Waals surface area contributed by atoms with E-state index < -0.39 is 5.41 Å². The first-order valence-electron chi connectivity index (χ1n) is 29.3. The molecule has 0 aromatic carbocycles. The number of unbranched alkanes of at least 4 members (excludes halogenated alkanes) is 33. The zero-order valence-electron chi connectivity index (χ0n) is 45.9. The van der Waals surface area contributed by atoms with Gasteiger partial charge in [-0.1, -0.05) is 211 Å². The van der Waals surface area contributed by atoms with Crippen LogP contribution in [0.5, 0.6) is 0 Å². The van der Waals surface area contributed by atoms with Crippen LogP contribution in [0, 0.1) is 5.41 Å². The van der Waals surface area contributed by atoms with Crippen LogP contribution in [0.1, 0.15) is 290 Å². The molecule has 0 heterocycles. The fourth-order valence-corrected chi connectivity index (χ4v) is 8.87. The molecule has 0 aliphatic rings. The van der Waals surface area contributed by atoms with Crippen LogP contribution in [0.3, 0.4) is 0 Å². The van der Waals surface area contributed by atoms with Crippen LogP contribution >= 0.6 is 0 Å². The van der Waals surface area contributed by atoms with Gasteiger partial charge in [0.05, 0.1) is 5.41 Å². The SMILES string of the molecule is CCCCCCCC/C=C\CCCCCCCC(=O)OCC(COC(=O)CCCCCCC/C=C\CCCCCCCC)(COC(=O)CCCCCCC/C=C\CCCCCCCC)CN(C)C. The zero-order valence-corrected chi connectivity index (χ0v) is 45.9. The van der Waals surface area contributed by atoms with Crippen molar-refractivity contribution < 1.29 is 28.6 Å². The molecule has 0 aromatic rings. The average molecular weight is 957 g/mol. The number of hydrogen-bond acceptors (Lipinski definition) is 7. The van der Waals surface area contributed by atoms with Crippen molar-refractivity contribution in [2.45, 2.75) is 290 Å². The summed E-state index contributed by atoms with van der Waals surface area (Å²) in [4.78, 5) is 41.2. The summed E-state index contributed by atoms with van der Waals surface area (Å²) in [7, 11) is 3.89. The van der Waals surface area contributed by atoms with Crippen LogP contribution in [0.4, 0.5) is 0 Å². The fraction of sp³-hybridized carbons (Fsp3) is 0.852. The summed E-state index contributed by atoms with van der Waals surface area (Å²) in [6, 6.07) is 0. The lowest BCUT2D eigenvalue weighted by molar-refractivity contribution is -0.163. The van der Waals surface area contributed by atoms with E-state index in [1.807, 2.05) is 19.0 Å². The number of carbonyl (C=O) groups is 3. The van der Waals surface area contributed by atoms with Gasteiger partial charge in [0, 0.05) is 25.8 Å². The second-order valence-electron chi connectivity index (χ2n) is 20.7. The molecule has 0 saturated carbocycles. The molecule has 0 aliphatic heterocycles. The van der Waals surface area contributed by atoms with E-state index in [4.69, 9.17) is 14.2 Å². The first-order valence-corrected chi connectivity index (χ1v) is 29.3. The van der Waals surface area contributed by atoms with Crippen molar-refractivity contribution in [2.75, 3.05) is 40.5 Å². The monoisotopic (exact) mass is 956 g/mol. The molecule has 7 nitrogen and oxygen atoms in total. The zero-order chi connectivity index (χ0) is 49.7. The van der Waals surface area contributed by atoms with Gasteiger partial charge in [0.2, 0.25) is 0 Å². The molecule has 0 atom stereocenters. The maximum absolute atomic E-state index is 13.1. The minimum Gasteiger partial charge on any atom is -0.465 e. The van der Waals surface area contributed by atoms with E-state index in [2.05, 4.69) is 57.2 Å². The average Bonchev–Trinajstić information content (AvgIpc) is 3.33. The molecule has 68 heavy (non-hydrogen) atoms. The number of ether oxygens (including phenoxy) is 3. The number of hydrogen-bond donors (Lipinski definition) is 0. The summed E-state index contributed by atoms with van der Waals surface area (Å²) in [5.41, 5.74) is -0.849. The Labute approximate surface area is 422 Å². The Morgan fingerprint density at radius 3 is 0.750 bits per heavy atom. The molecular formula is C61H113NO6. The van der Waals surface area contributed by atoms with Gasteiger partial charge in [0.1, 0.15) is 19.8 Å². The Morgan fingerprint density at radius 1 is 0.324 bits per heavy atom. The van der Waals surface area contributed by atoms with Gasteiger partial charge in [0.15, 0.2) is 0 Å². The minimum absolute atomic E-state index is 0.0382. The molecule has 398 valence electrons. The molecule has 0 unspecified atom stereocenters. The summed E-state index contributed by atoms with van der Waals surface area (Å²) in [5.74, 6) is -0.736. The highest BCUT2D eigenvalue weighted by Gasteiger charge is 2.36. The van der Waals surface area contributed by atoms with E-state index in [0.29, 0.717) is 25.8 Å². The molecule has 0 aliphatic carbocycles. The Bertz CT molecular complexity index is 1060. The topological polar surface area (TPSA) is 82.1 Å². The van der Waals surface area contributed by atoms with Gasteiger partial charge in [0.25, 0.3) is 0 Å². The number of allylic oxidation sites excluding steroid dienone is 6. The highest BCUT2D eigenvalue weighted by molar-refractivity contribution is 5.70. The molecule has 0 fully saturated rings. The third-order valence-electron chi connectivity index (χ3n) is 13.2. The van der Waals surface area contributed by atoms with Gasteiger partial charge in [-0.15, -0.1) is 0 Å². The summed E-state index contributed by atoms with van der Waals surface area (Å²) in [6.07, 6.45) is 62.2. The minimum atomic E-state index is -0.849. The fourth-order valence-electron chi connectivity index (χ4n) is 8.87. The lowest BCUT2D eigenvalue weighted by atomic mass is 9.90. The summed E-state index contributed by atoms with van der Waals surface area (Å²) >= 11 is 0. The van der Waals surface area contributed by atoms with Crippen LogP contribution < -0.4 is 0 Å². The molecule has 7 heteroatoms. The van der Waals surface area contributed by atoms with E-state index in [1.165, 1.54) is 173 Å². The van der Waals surface area contributed by atoms with Gasteiger partial charge < -0.3 is 19.1 Å². The highest BCUT2D eigenvalue weighted by Crippen LogP contribution is 2.24. The van der Waals surface area contributed by atoms with Gasteiger partial charge >= 0.3 is 17.9 Å². The van der Waals surface area contributed by atoms with Crippen molar-refractivity contribution in [3.05, 3.63) is 36.5 Å². The smallest absolute Gasteiger partial charge is 0.305 e. The van der Waals surface area contributed by atoms with Crippen LogP contribution in [-0.2, 0) is 28.6 Å². The maximum Gasteiger partial charge on any atom is 0.305 e.